The molecule has 0 N–H and O–H groups in total. The van der Waals surface area contributed by atoms with Crippen LogP contribution < -0.4 is 4.90 Å². The van der Waals surface area contributed by atoms with Gasteiger partial charge in [0.05, 0.1) is 11.8 Å². The zero-order valence-corrected chi connectivity index (χ0v) is 9.86. The van der Waals surface area contributed by atoms with Crippen molar-refractivity contribution in [2.45, 2.75) is 19.4 Å². The second-order valence-corrected chi connectivity index (χ2v) is 4.31. The van der Waals surface area contributed by atoms with Gasteiger partial charge in [-0.25, -0.2) is 4.39 Å². The molecule has 1 aliphatic rings. The van der Waals surface area contributed by atoms with Gasteiger partial charge < -0.3 is 9.64 Å². The topological polar surface area (TPSA) is 29.5 Å². The third kappa shape index (κ3) is 2.82. The second-order valence-electron chi connectivity index (χ2n) is 4.31. The Hall–Kier alpha value is -1.42. The third-order valence-corrected chi connectivity index (χ3v) is 2.90. The maximum absolute atomic E-state index is 13.8. The van der Waals surface area contributed by atoms with Crippen LogP contribution >= 0.6 is 0 Å². The molecule has 0 spiro atoms. The molecule has 1 aliphatic heterocycles. The SMILES string of the molecule is CC1CN(c2ccc(C=O)cc2F)CCCO1. The highest BCUT2D eigenvalue weighted by atomic mass is 19.1. The summed E-state index contributed by atoms with van der Waals surface area (Å²) in [4.78, 5) is 12.5. The molecule has 2 rings (SSSR count). The van der Waals surface area contributed by atoms with E-state index in [0.29, 0.717) is 30.7 Å². The van der Waals surface area contributed by atoms with E-state index in [1.54, 1.807) is 12.1 Å². The van der Waals surface area contributed by atoms with E-state index in [9.17, 15) is 9.18 Å². The number of ether oxygens (including phenoxy) is 1. The molecule has 0 radical (unpaired) electrons. The third-order valence-electron chi connectivity index (χ3n) is 2.90. The highest BCUT2D eigenvalue weighted by Crippen LogP contribution is 2.22. The summed E-state index contributed by atoms with van der Waals surface area (Å²) >= 11 is 0. The lowest BCUT2D eigenvalue weighted by Crippen LogP contribution is -2.30. The van der Waals surface area contributed by atoms with Gasteiger partial charge in [0.1, 0.15) is 12.1 Å². The Morgan fingerprint density at radius 3 is 3.06 bits per heavy atom. The minimum atomic E-state index is -0.344. The van der Waals surface area contributed by atoms with E-state index in [1.165, 1.54) is 6.07 Å². The minimum Gasteiger partial charge on any atom is -0.377 e. The number of halogens is 1. The molecular weight excluding hydrogens is 221 g/mol. The summed E-state index contributed by atoms with van der Waals surface area (Å²) in [5, 5.41) is 0. The van der Waals surface area contributed by atoms with Crippen molar-refractivity contribution >= 4 is 12.0 Å². The summed E-state index contributed by atoms with van der Waals surface area (Å²) in [6, 6.07) is 4.58. The summed E-state index contributed by atoms with van der Waals surface area (Å²) in [7, 11) is 0. The van der Waals surface area contributed by atoms with Crippen molar-refractivity contribution in [3.63, 3.8) is 0 Å². The number of carbonyl (C=O) groups excluding carboxylic acids is 1. The highest BCUT2D eigenvalue weighted by Gasteiger charge is 2.18. The molecule has 17 heavy (non-hydrogen) atoms. The maximum atomic E-state index is 13.8. The van der Waals surface area contributed by atoms with Crippen LogP contribution in [0.25, 0.3) is 0 Å². The molecule has 1 fully saturated rings. The first-order valence-corrected chi connectivity index (χ1v) is 5.82. The van der Waals surface area contributed by atoms with Crippen LogP contribution in [0, 0.1) is 5.82 Å². The van der Waals surface area contributed by atoms with E-state index in [1.807, 2.05) is 11.8 Å². The Morgan fingerprint density at radius 1 is 1.53 bits per heavy atom. The second kappa shape index (κ2) is 5.27. The largest absolute Gasteiger partial charge is 0.377 e. The summed E-state index contributed by atoms with van der Waals surface area (Å²) in [6.45, 7) is 4.15. The Bertz CT molecular complexity index is 408. The van der Waals surface area contributed by atoms with E-state index >= 15 is 0 Å². The maximum Gasteiger partial charge on any atom is 0.150 e. The Morgan fingerprint density at radius 2 is 2.35 bits per heavy atom. The smallest absolute Gasteiger partial charge is 0.150 e. The van der Waals surface area contributed by atoms with Crippen LogP contribution in [0.4, 0.5) is 10.1 Å². The molecule has 1 aromatic carbocycles. The molecular formula is C13H16FNO2. The number of anilines is 1. The summed E-state index contributed by atoms with van der Waals surface area (Å²) in [5.74, 6) is -0.344. The van der Waals surface area contributed by atoms with Crippen LogP contribution in [0.3, 0.4) is 0 Å². The van der Waals surface area contributed by atoms with Crippen LogP contribution in [0.15, 0.2) is 18.2 Å². The number of hydrogen-bond donors (Lipinski definition) is 0. The fourth-order valence-corrected chi connectivity index (χ4v) is 2.07. The van der Waals surface area contributed by atoms with Crippen molar-refractivity contribution in [2.75, 3.05) is 24.6 Å². The number of hydrogen-bond acceptors (Lipinski definition) is 3. The van der Waals surface area contributed by atoms with Gasteiger partial charge in [0.25, 0.3) is 0 Å². The Labute approximate surface area is 100 Å². The molecule has 1 heterocycles. The van der Waals surface area contributed by atoms with Crippen molar-refractivity contribution < 1.29 is 13.9 Å². The zero-order chi connectivity index (χ0) is 12.3. The lowest BCUT2D eigenvalue weighted by atomic mass is 10.2. The predicted octanol–water partition coefficient (Wildman–Crippen LogP) is 2.25. The van der Waals surface area contributed by atoms with Gasteiger partial charge in [-0.15, -0.1) is 0 Å². The normalized spacial score (nSPS) is 21.1. The molecule has 4 heteroatoms. The average Bonchev–Trinajstić information content (AvgIpc) is 2.53. The monoisotopic (exact) mass is 237 g/mol. The standard InChI is InChI=1S/C13H16FNO2/c1-10-8-15(5-2-6-17-10)13-4-3-11(9-16)7-12(13)14/h3-4,7,9-10H,2,5-6,8H2,1H3. The number of aldehydes is 1. The fraction of sp³-hybridized carbons (Fsp3) is 0.462. The first kappa shape index (κ1) is 12.0. The Kier molecular flexibility index (Phi) is 3.74. The van der Waals surface area contributed by atoms with Gasteiger partial charge in [-0.1, -0.05) is 0 Å². The molecule has 1 atom stereocenters. The molecule has 1 unspecified atom stereocenters. The van der Waals surface area contributed by atoms with Gasteiger partial charge >= 0.3 is 0 Å². The van der Waals surface area contributed by atoms with Crippen LogP contribution in [0.2, 0.25) is 0 Å². The van der Waals surface area contributed by atoms with Gasteiger partial charge in [-0.05, 0) is 31.5 Å². The van der Waals surface area contributed by atoms with Gasteiger partial charge in [-0.2, -0.15) is 0 Å². The van der Waals surface area contributed by atoms with Gasteiger partial charge in [-0.3, -0.25) is 4.79 Å². The molecule has 0 saturated carbocycles. The fourth-order valence-electron chi connectivity index (χ4n) is 2.07. The van der Waals surface area contributed by atoms with E-state index in [2.05, 4.69) is 0 Å². The van der Waals surface area contributed by atoms with E-state index < -0.39 is 0 Å². The highest BCUT2D eigenvalue weighted by molar-refractivity contribution is 5.76. The van der Waals surface area contributed by atoms with Gasteiger partial charge in [0.2, 0.25) is 0 Å². The van der Waals surface area contributed by atoms with Gasteiger partial charge in [0.15, 0.2) is 0 Å². The van der Waals surface area contributed by atoms with Crippen molar-refractivity contribution in [3.05, 3.63) is 29.6 Å². The quantitative estimate of drug-likeness (QED) is 0.739. The molecule has 1 aromatic rings. The molecule has 0 aliphatic carbocycles. The summed E-state index contributed by atoms with van der Waals surface area (Å²) < 4.78 is 19.4. The number of carbonyl (C=O) groups is 1. The lowest BCUT2D eigenvalue weighted by molar-refractivity contribution is 0.0820. The first-order chi connectivity index (χ1) is 8.20. The van der Waals surface area contributed by atoms with Gasteiger partial charge in [0, 0.05) is 25.3 Å². The minimum absolute atomic E-state index is 0.0997. The summed E-state index contributed by atoms with van der Waals surface area (Å²) in [6.07, 6.45) is 1.64. The van der Waals surface area contributed by atoms with Crippen LogP contribution in [0.1, 0.15) is 23.7 Å². The number of rotatable bonds is 2. The van der Waals surface area contributed by atoms with Crippen LogP contribution in [-0.4, -0.2) is 32.1 Å². The molecule has 0 bridgehead atoms. The first-order valence-electron chi connectivity index (χ1n) is 5.82. The van der Waals surface area contributed by atoms with Crippen molar-refractivity contribution in [1.29, 1.82) is 0 Å². The number of benzene rings is 1. The molecule has 92 valence electrons. The van der Waals surface area contributed by atoms with E-state index in [0.717, 1.165) is 13.0 Å². The molecule has 1 saturated heterocycles. The zero-order valence-electron chi connectivity index (χ0n) is 9.86. The number of nitrogens with zero attached hydrogens (tertiary/aromatic N) is 1. The molecule has 0 aromatic heterocycles. The predicted molar refractivity (Wildman–Crippen MR) is 64.0 cm³/mol. The lowest BCUT2D eigenvalue weighted by Gasteiger charge is -2.24. The molecule has 0 amide bonds. The van der Waals surface area contributed by atoms with E-state index in [4.69, 9.17) is 4.74 Å². The summed E-state index contributed by atoms with van der Waals surface area (Å²) in [5.41, 5.74) is 0.915. The van der Waals surface area contributed by atoms with Crippen molar-refractivity contribution in [3.8, 4) is 0 Å². The Balaban J connectivity index is 2.23. The van der Waals surface area contributed by atoms with Crippen molar-refractivity contribution in [2.24, 2.45) is 0 Å². The van der Waals surface area contributed by atoms with Crippen molar-refractivity contribution in [1.82, 2.24) is 0 Å². The average molecular weight is 237 g/mol. The van der Waals surface area contributed by atoms with Crippen LogP contribution in [0.5, 0.6) is 0 Å². The van der Waals surface area contributed by atoms with Crippen LogP contribution in [-0.2, 0) is 4.74 Å². The van der Waals surface area contributed by atoms with E-state index in [-0.39, 0.29) is 11.9 Å². The molecule has 3 nitrogen and oxygen atoms in total.